The molecule has 1 aliphatic rings. The van der Waals surface area contributed by atoms with Gasteiger partial charge >= 0.3 is 6.09 Å². The molecule has 2 atom stereocenters. The Balaban J connectivity index is 1.64. The Labute approximate surface area is 132 Å². The monoisotopic (exact) mass is 308 g/mol. The molecular weight excluding hydrogens is 280 g/mol. The molecule has 0 saturated heterocycles. The molecule has 1 saturated carbocycles. The average Bonchev–Trinajstić information content (AvgIpc) is 2.97. The van der Waals surface area contributed by atoms with Crippen molar-refractivity contribution in [3.63, 3.8) is 0 Å². The first-order valence-electron chi connectivity index (χ1n) is 8.03. The summed E-state index contributed by atoms with van der Waals surface area (Å²) in [5, 5.41) is 10.9. The van der Waals surface area contributed by atoms with Gasteiger partial charge in [-0.3, -0.25) is 4.68 Å². The zero-order chi connectivity index (χ0) is 16.2. The second-order valence-corrected chi connectivity index (χ2v) is 7.04. The van der Waals surface area contributed by atoms with E-state index in [-0.39, 0.29) is 12.1 Å². The first kappa shape index (κ1) is 16.8. The maximum Gasteiger partial charge on any atom is 0.407 e. The average molecular weight is 308 g/mol. The van der Waals surface area contributed by atoms with Crippen LogP contribution in [-0.2, 0) is 18.2 Å². The smallest absolute Gasteiger partial charge is 0.407 e. The van der Waals surface area contributed by atoms with E-state index in [1.807, 2.05) is 44.8 Å². The van der Waals surface area contributed by atoms with E-state index < -0.39 is 5.60 Å². The van der Waals surface area contributed by atoms with Gasteiger partial charge in [0.15, 0.2) is 0 Å². The Morgan fingerprint density at radius 2 is 2.14 bits per heavy atom. The molecule has 1 fully saturated rings. The number of carbonyl (C=O) groups is 1. The van der Waals surface area contributed by atoms with Crippen molar-refractivity contribution in [2.24, 2.45) is 7.05 Å². The maximum atomic E-state index is 11.8. The van der Waals surface area contributed by atoms with Gasteiger partial charge in [-0.1, -0.05) is 0 Å². The highest BCUT2D eigenvalue weighted by molar-refractivity contribution is 5.68. The highest BCUT2D eigenvalue weighted by atomic mass is 16.6. The number of hydrogen-bond acceptors (Lipinski definition) is 4. The predicted octanol–water partition coefficient (Wildman–Crippen LogP) is 2.00. The normalized spacial score (nSPS) is 21.8. The van der Waals surface area contributed by atoms with E-state index in [1.165, 1.54) is 0 Å². The summed E-state index contributed by atoms with van der Waals surface area (Å²) in [6.07, 6.45) is 5.63. The number of hydrogen-bond donors (Lipinski definition) is 2. The van der Waals surface area contributed by atoms with Crippen LogP contribution in [0, 0.1) is 0 Å². The summed E-state index contributed by atoms with van der Waals surface area (Å²) < 4.78 is 7.12. The SMILES string of the molecule is Cn1ccc(CCNC2CCC(NC(=O)OC(C)(C)C)C2)n1. The second-order valence-electron chi connectivity index (χ2n) is 7.04. The molecule has 0 aromatic carbocycles. The van der Waals surface area contributed by atoms with Crippen molar-refractivity contribution in [1.29, 1.82) is 0 Å². The van der Waals surface area contributed by atoms with Crippen LogP contribution in [0.4, 0.5) is 4.79 Å². The third-order valence-corrected chi connectivity index (χ3v) is 3.74. The lowest BCUT2D eigenvalue weighted by Gasteiger charge is -2.21. The Morgan fingerprint density at radius 3 is 2.77 bits per heavy atom. The lowest BCUT2D eigenvalue weighted by atomic mass is 10.2. The van der Waals surface area contributed by atoms with E-state index in [0.29, 0.717) is 6.04 Å². The van der Waals surface area contributed by atoms with Crippen LogP contribution in [0.5, 0.6) is 0 Å². The van der Waals surface area contributed by atoms with E-state index in [2.05, 4.69) is 15.7 Å². The zero-order valence-electron chi connectivity index (χ0n) is 14.1. The van der Waals surface area contributed by atoms with Crippen molar-refractivity contribution in [3.05, 3.63) is 18.0 Å². The lowest BCUT2D eigenvalue weighted by molar-refractivity contribution is 0.0505. The van der Waals surface area contributed by atoms with Gasteiger partial charge < -0.3 is 15.4 Å². The number of nitrogens with zero attached hydrogens (tertiary/aromatic N) is 2. The van der Waals surface area contributed by atoms with E-state index in [1.54, 1.807) is 0 Å². The van der Waals surface area contributed by atoms with Gasteiger partial charge in [0, 0.05) is 38.3 Å². The van der Waals surface area contributed by atoms with Gasteiger partial charge in [-0.05, 0) is 46.1 Å². The number of aromatic nitrogens is 2. The fourth-order valence-corrected chi connectivity index (χ4v) is 2.77. The van der Waals surface area contributed by atoms with E-state index in [4.69, 9.17) is 4.74 Å². The number of ether oxygens (including phenoxy) is 1. The summed E-state index contributed by atoms with van der Waals surface area (Å²) in [7, 11) is 1.93. The summed E-state index contributed by atoms with van der Waals surface area (Å²) in [5.41, 5.74) is 0.666. The van der Waals surface area contributed by atoms with Gasteiger partial charge in [0.25, 0.3) is 0 Å². The number of rotatable bonds is 5. The molecular formula is C16H28N4O2. The Kier molecular flexibility index (Phi) is 5.45. The minimum absolute atomic E-state index is 0.210. The molecule has 1 aromatic rings. The fraction of sp³-hybridized carbons (Fsp3) is 0.750. The van der Waals surface area contributed by atoms with E-state index >= 15 is 0 Å². The van der Waals surface area contributed by atoms with Crippen LogP contribution in [-0.4, -0.2) is 40.1 Å². The van der Waals surface area contributed by atoms with Crippen LogP contribution in [0.1, 0.15) is 45.7 Å². The third-order valence-electron chi connectivity index (χ3n) is 3.74. The minimum Gasteiger partial charge on any atom is -0.444 e. The summed E-state index contributed by atoms with van der Waals surface area (Å²) in [6, 6.07) is 2.72. The van der Waals surface area contributed by atoms with Gasteiger partial charge in [0.1, 0.15) is 5.60 Å². The van der Waals surface area contributed by atoms with Crippen molar-refractivity contribution in [3.8, 4) is 0 Å². The Morgan fingerprint density at radius 1 is 1.41 bits per heavy atom. The number of carbonyl (C=O) groups excluding carboxylic acids is 1. The predicted molar refractivity (Wildman–Crippen MR) is 85.7 cm³/mol. The van der Waals surface area contributed by atoms with Crippen LogP contribution in [0.2, 0.25) is 0 Å². The molecule has 0 radical (unpaired) electrons. The molecule has 22 heavy (non-hydrogen) atoms. The maximum absolute atomic E-state index is 11.8. The van der Waals surface area contributed by atoms with Crippen LogP contribution >= 0.6 is 0 Å². The topological polar surface area (TPSA) is 68.2 Å². The molecule has 6 heteroatoms. The minimum atomic E-state index is -0.441. The molecule has 0 spiro atoms. The molecule has 1 amide bonds. The van der Waals surface area contributed by atoms with Crippen LogP contribution in [0.15, 0.2) is 12.3 Å². The Hall–Kier alpha value is -1.56. The summed E-state index contributed by atoms with van der Waals surface area (Å²) >= 11 is 0. The quantitative estimate of drug-likeness (QED) is 0.873. The van der Waals surface area contributed by atoms with Crippen LogP contribution < -0.4 is 10.6 Å². The molecule has 0 aliphatic heterocycles. The molecule has 1 heterocycles. The first-order chi connectivity index (χ1) is 10.3. The second kappa shape index (κ2) is 7.13. The van der Waals surface area contributed by atoms with Gasteiger partial charge in [-0.15, -0.1) is 0 Å². The van der Waals surface area contributed by atoms with Crippen LogP contribution in [0.3, 0.4) is 0 Å². The molecule has 2 unspecified atom stereocenters. The molecule has 2 N–H and O–H groups in total. The fourth-order valence-electron chi connectivity index (χ4n) is 2.77. The standard InChI is InChI=1S/C16H28N4O2/c1-16(2,3)22-15(21)18-14-6-5-13(11-14)17-9-7-12-8-10-20(4)19-12/h8,10,13-14,17H,5-7,9,11H2,1-4H3,(H,18,21). The highest BCUT2D eigenvalue weighted by Gasteiger charge is 2.27. The molecule has 6 nitrogen and oxygen atoms in total. The van der Waals surface area contributed by atoms with Gasteiger partial charge in [0.2, 0.25) is 0 Å². The van der Waals surface area contributed by atoms with Crippen molar-refractivity contribution in [2.45, 2.75) is 64.1 Å². The van der Waals surface area contributed by atoms with Gasteiger partial charge in [0.05, 0.1) is 5.69 Å². The zero-order valence-corrected chi connectivity index (χ0v) is 14.1. The molecule has 0 bridgehead atoms. The molecule has 1 aliphatic carbocycles. The number of nitrogens with one attached hydrogen (secondary N) is 2. The molecule has 124 valence electrons. The Bertz CT molecular complexity index is 493. The number of amides is 1. The highest BCUT2D eigenvalue weighted by Crippen LogP contribution is 2.19. The summed E-state index contributed by atoms with van der Waals surface area (Å²) in [6.45, 7) is 6.55. The number of aryl methyl sites for hydroxylation is 1. The third kappa shape index (κ3) is 5.67. The van der Waals surface area contributed by atoms with Crippen molar-refractivity contribution in [2.75, 3.05) is 6.54 Å². The van der Waals surface area contributed by atoms with Crippen molar-refractivity contribution >= 4 is 6.09 Å². The summed E-state index contributed by atoms with van der Waals surface area (Å²) in [5.74, 6) is 0. The van der Waals surface area contributed by atoms with E-state index in [0.717, 1.165) is 37.9 Å². The van der Waals surface area contributed by atoms with Gasteiger partial charge in [-0.2, -0.15) is 5.10 Å². The van der Waals surface area contributed by atoms with Crippen LogP contribution in [0.25, 0.3) is 0 Å². The van der Waals surface area contributed by atoms with Gasteiger partial charge in [-0.25, -0.2) is 4.79 Å². The molecule has 1 aromatic heterocycles. The molecule has 2 rings (SSSR count). The number of alkyl carbamates (subject to hydrolysis) is 1. The summed E-state index contributed by atoms with van der Waals surface area (Å²) in [4.78, 5) is 11.8. The lowest BCUT2D eigenvalue weighted by Crippen LogP contribution is -2.39. The first-order valence-corrected chi connectivity index (χ1v) is 8.03. The largest absolute Gasteiger partial charge is 0.444 e. The van der Waals surface area contributed by atoms with Crippen molar-refractivity contribution in [1.82, 2.24) is 20.4 Å². The van der Waals surface area contributed by atoms with E-state index in [9.17, 15) is 4.79 Å². The van der Waals surface area contributed by atoms with Crippen molar-refractivity contribution < 1.29 is 9.53 Å².